The number of nitrogens with one attached hydrogen (secondary N) is 4. The first-order valence-corrected chi connectivity index (χ1v) is 16.7. The molecule has 0 unspecified atom stereocenters. The summed E-state index contributed by atoms with van der Waals surface area (Å²) < 4.78 is 12.7. The highest BCUT2D eigenvalue weighted by Gasteiger charge is 2.10. The Labute approximate surface area is 290 Å². The maximum Gasteiger partial charge on any atom is 0.142 e. The standard InChI is InChI=1S/C43H44N4O2/c1-30-6-14-34(15-7-30)44-38-22-24-42(40(28-38)46-36-18-10-32(3)11-19-36)48-26-5-27-49-43-25-23-39(45-35-16-8-31(2)9-17-35)29-41(43)47-37-20-12-33(4)13-21-37/h6-25,28-29,44-47H,5,26-27H2,1-4H3. The van der Waals surface area contributed by atoms with Crippen LogP contribution >= 0.6 is 0 Å². The van der Waals surface area contributed by atoms with Crippen molar-refractivity contribution in [2.24, 2.45) is 0 Å². The van der Waals surface area contributed by atoms with Gasteiger partial charge in [-0.05, 0) is 113 Å². The minimum atomic E-state index is 0.501. The van der Waals surface area contributed by atoms with Gasteiger partial charge in [0.05, 0.1) is 24.6 Å². The Hall–Kier alpha value is -5.88. The van der Waals surface area contributed by atoms with E-state index in [-0.39, 0.29) is 0 Å². The zero-order chi connectivity index (χ0) is 34.0. The van der Waals surface area contributed by atoms with E-state index in [0.717, 1.165) is 57.0 Å². The average Bonchev–Trinajstić information content (AvgIpc) is 3.10. The lowest BCUT2D eigenvalue weighted by molar-refractivity contribution is 0.249. The van der Waals surface area contributed by atoms with E-state index in [9.17, 15) is 0 Å². The number of aryl methyl sites for hydroxylation is 4. The van der Waals surface area contributed by atoms with E-state index < -0.39 is 0 Å². The van der Waals surface area contributed by atoms with E-state index in [0.29, 0.717) is 19.6 Å². The van der Waals surface area contributed by atoms with Crippen LogP contribution in [0.1, 0.15) is 28.7 Å². The zero-order valence-corrected chi connectivity index (χ0v) is 28.6. The van der Waals surface area contributed by atoms with Crippen molar-refractivity contribution < 1.29 is 9.47 Å². The monoisotopic (exact) mass is 648 g/mol. The molecule has 0 aliphatic rings. The van der Waals surface area contributed by atoms with Crippen molar-refractivity contribution in [2.45, 2.75) is 34.1 Å². The van der Waals surface area contributed by atoms with E-state index in [1.165, 1.54) is 22.3 Å². The Morgan fingerprint density at radius 1 is 0.347 bits per heavy atom. The van der Waals surface area contributed by atoms with Gasteiger partial charge in [-0.1, -0.05) is 70.8 Å². The molecule has 0 saturated carbocycles. The molecule has 0 heterocycles. The molecule has 4 N–H and O–H groups in total. The fraction of sp³-hybridized carbons (Fsp3) is 0.163. The first kappa shape index (κ1) is 33.0. The predicted octanol–water partition coefficient (Wildman–Crippen LogP) is 11.7. The number of ether oxygens (including phenoxy) is 2. The molecule has 0 saturated heterocycles. The van der Waals surface area contributed by atoms with E-state index >= 15 is 0 Å². The van der Waals surface area contributed by atoms with Crippen LogP contribution in [-0.4, -0.2) is 13.2 Å². The highest BCUT2D eigenvalue weighted by Crippen LogP contribution is 2.34. The van der Waals surface area contributed by atoms with Crippen molar-refractivity contribution >= 4 is 45.5 Å². The van der Waals surface area contributed by atoms with E-state index in [1.54, 1.807) is 0 Å². The third kappa shape index (κ3) is 9.58. The summed E-state index contributed by atoms with van der Waals surface area (Å²) >= 11 is 0. The molecule has 0 aliphatic carbocycles. The van der Waals surface area contributed by atoms with Crippen LogP contribution in [0.3, 0.4) is 0 Å². The fourth-order valence-corrected chi connectivity index (χ4v) is 5.28. The van der Waals surface area contributed by atoms with Crippen LogP contribution in [0.5, 0.6) is 11.5 Å². The molecule has 0 amide bonds. The molecule has 6 nitrogen and oxygen atoms in total. The van der Waals surface area contributed by atoms with Crippen molar-refractivity contribution in [1.82, 2.24) is 0 Å². The lowest BCUT2D eigenvalue weighted by atomic mass is 10.2. The van der Waals surface area contributed by atoms with Crippen molar-refractivity contribution in [1.29, 1.82) is 0 Å². The number of hydrogen-bond donors (Lipinski definition) is 4. The SMILES string of the molecule is Cc1ccc(Nc2ccc(OCCCOc3ccc(Nc4ccc(C)cc4)cc3Nc3ccc(C)cc3)c(Nc3ccc(C)cc3)c2)cc1. The van der Waals surface area contributed by atoms with Crippen LogP contribution in [0, 0.1) is 27.7 Å². The Balaban J connectivity index is 1.12. The molecule has 6 rings (SSSR count). The molecular weight excluding hydrogens is 604 g/mol. The topological polar surface area (TPSA) is 66.6 Å². The van der Waals surface area contributed by atoms with Crippen LogP contribution in [-0.2, 0) is 0 Å². The van der Waals surface area contributed by atoms with Gasteiger partial charge in [0.2, 0.25) is 0 Å². The molecule has 0 fully saturated rings. The van der Waals surface area contributed by atoms with E-state index in [1.807, 2.05) is 24.3 Å². The van der Waals surface area contributed by atoms with Gasteiger partial charge < -0.3 is 30.7 Å². The van der Waals surface area contributed by atoms with Gasteiger partial charge in [0.25, 0.3) is 0 Å². The molecule has 0 bridgehead atoms. The van der Waals surface area contributed by atoms with Gasteiger partial charge in [-0.3, -0.25) is 0 Å². The third-order valence-corrected chi connectivity index (χ3v) is 8.10. The van der Waals surface area contributed by atoms with Gasteiger partial charge in [-0.2, -0.15) is 0 Å². The quantitative estimate of drug-likeness (QED) is 0.0882. The van der Waals surface area contributed by atoms with Crippen LogP contribution < -0.4 is 30.7 Å². The van der Waals surface area contributed by atoms with Crippen molar-refractivity contribution in [3.63, 3.8) is 0 Å². The highest BCUT2D eigenvalue weighted by molar-refractivity contribution is 5.75. The number of rotatable bonds is 14. The van der Waals surface area contributed by atoms with Crippen LogP contribution in [0.2, 0.25) is 0 Å². The summed E-state index contributed by atoms with van der Waals surface area (Å²) in [6.45, 7) is 9.36. The highest BCUT2D eigenvalue weighted by atomic mass is 16.5. The second-order valence-electron chi connectivity index (χ2n) is 12.4. The number of benzene rings is 6. The molecule has 6 heteroatoms. The van der Waals surface area contributed by atoms with Gasteiger partial charge in [-0.25, -0.2) is 0 Å². The summed E-state index contributed by atoms with van der Waals surface area (Å²) in [5, 5.41) is 14.1. The minimum Gasteiger partial charge on any atom is -0.491 e. The maximum atomic E-state index is 6.33. The van der Waals surface area contributed by atoms with Crippen molar-refractivity contribution in [3.8, 4) is 11.5 Å². The van der Waals surface area contributed by atoms with Crippen LogP contribution in [0.15, 0.2) is 133 Å². The normalized spacial score (nSPS) is 10.7. The molecule has 0 atom stereocenters. The first-order valence-electron chi connectivity index (χ1n) is 16.7. The van der Waals surface area contributed by atoms with E-state index in [4.69, 9.17) is 9.47 Å². The van der Waals surface area contributed by atoms with Gasteiger partial charge in [-0.15, -0.1) is 0 Å². The molecule has 6 aromatic carbocycles. The summed E-state index contributed by atoms with van der Waals surface area (Å²) in [6, 6.07) is 45.7. The summed E-state index contributed by atoms with van der Waals surface area (Å²) in [4.78, 5) is 0. The molecular formula is C43H44N4O2. The van der Waals surface area contributed by atoms with Gasteiger partial charge in [0, 0.05) is 40.5 Å². The Morgan fingerprint density at radius 3 is 0.959 bits per heavy atom. The molecule has 0 radical (unpaired) electrons. The largest absolute Gasteiger partial charge is 0.491 e. The molecule has 49 heavy (non-hydrogen) atoms. The molecule has 6 aromatic rings. The maximum absolute atomic E-state index is 6.33. The Kier molecular flexibility index (Phi) is 10.7. The second kappa shape index (κ2) is 15.8. The van der Waals surface area contributed by atoms with Gasteiger partial charge >= 0.3 is 0 Å². The molecule has 0 aromatic heterocycles. The average molecular weight is 649 g/mol. The second-order valence-corrected chi connectivity index (χ2v) is 12.4. The number of hydrogen-bond acceptors (Lipinski definition) is 6. The third-order valence-electron chi connectivity index (χ3n) is 8.10. The molecule has 0 spiro atoms. The predicted molar refractivity (Wildman–Crippen MR) is 206 cm³/mol. The Bertz CT molecular complexity index is 1810. The summed E-state index contributed by atoms with van der Waals surface area (Å²) in [7, 11) is 0. The van der Waals surface area contributed by atoms with Crippen LogP contribution in [0.4, 0.5) is 45.5 Å². The summed E-state index contributed by atoms with van der Waals surface area (Å²) in [5.74, 6) is 1.56. The smallest absolute Gasteiger partial charge is 0.142 e. The lowest BCUT2D eigenvalue weighted by Crippen LogP contribution is -2.07. The molecule has 0 aliphatic heterocycles. The fourth-order valence-electron chi connectivity index (χ4n) is 5.28. The molecule has 248 valence electrons. The summed E-state index contributed by atoms with van der Waals surface area (Å²) in [5.41, 5.74) is 12.7. The number of anilines is 8. The van der Waals surface area contributed by atoms with E-state index in [2.05, 4.69) is 158 Å². The van der Waals surface area contributed by atoms with Crippen LogP contribution in [0.25, 0.3) is 0 Å². The first-order chi connectivity index (χ1) is 23.9. The van der Waals surface area contributed by atoms with Crippen molar-refractivity contribution in [3.05, 3.63) is 156 Å². The van der Waals surface area contributed by atoms with Gasteiger partial charge in [0.15, 0.2) is 0 Å². The minimum absolute atomic E-state index is 0.501. The Morgan fingerprint density at radius 2 is 0.633 bits per heavy atom. The lowest BCUT2D eigenvalue weighted by Gasteiger charge is -2.17. The van der Waals surface area contributed by atoms with Crippen molar-refractivity contribution in [2.75, 3.05) is 34.5 Å². The zero-order valence-electron chi connectivity index (χ0n) is 28.6. The summed E-state index contributed by atoms with van der Waals surface area (Å²) in [6.07, 6.45) is 0.709. The van der Waals surface area contributed by atoms with Gasteiger partial charge in [0.1, 0.15) is 11.5 Å².